The van der Waals surface area contributed by atoms with Crippen LogP contribution in [0.3, 0.4) is 0 Å². The van der Waals surface area contributed by atoms with E-state index in [1.165, 1.54) is 17.5 Å². The highest BCUT2D eigenvalue weighted by molar-refractivity contribution is 5.68. The van der Waals surface area contributed by atoms with Crippen LogP contribution in [0.4, 0.5) is 0 Å². The third-order valence-corrected chi connectivity index (χ3v) is 9.39. The molecule has 1 aromatic carbocycles. The molecule has 5 fully saturated rings. The molecule has 6 aliphatic rings. The standard InChI is InChI=1S/C27H35N3O5/c1-16-8-10-21-17(2)24(32-25-27(21)20(16)12-13-26(3,33-25)34-35-27)31-15-14-30-23-19-7-5-4-6-18(19)9-11-22(23)28-29-30/h4-7,16-17,20-21,24-25H,8-15H2,1-3H3/t16-,17-,20?,21+,24-,25-,26-,27-/m1/s1. The fraction of sp³-hybridized carbons (Fsp3) is 0.704. The van der Waals surface area contributed by atoms with E-state index < -0.39 is 17.7 Å². The quantitative estimate of drug-likeness (QED) is 0.604. The van der Waals surface area contributed by atoms with Crippen LogP contribution in [0.15, 0.2) is 24.3 Å². The second-order valence-corrected chi connectivity index (χ2v) is 11.4. The SMILES string of the molecule is C[C@H]1[C@H](OCCn2nnc3c2-c2ccccc2CC3)O[C@@H]2O[C@@]3(C)CCC4[C@H](C)CC[C@@H]1[C@]42OO3. The Morgan fingerprint density at radius 2 is 1.97 bits per heavy atom. The van der Waals surface area contributed by atoms with Crippen LogP contribution in [-0.4, -0.2) is 45.6 Å². The molecule has 2 aliphatic carbocycles. The fourth-order valence-electron chi connectivity index (χ4n) is 7.51. The normalized spacial score (nSPS) is 41.6. The first-order valence-corrected chi connectivity index (χ1v) is 13.3. The highest BCUT2D eigenvalue weighted by Crippen LogP contribution is 2.60. The average molecular weight is 482 g/mol. The van der Waals surface area contributed by atoms with E-state index in [0.717, 1.165) is 43.5 Å². The molecule has 188 valence electrons. The Hall–Kier alpha value is -1.84. The summed E-state index contributed by atoms with van der Waals surface area (Å²) in [5, 5.41) is 8.92. The zero-order valence-corrected chi connectivity index (χ0v) is 20.8. The number of nitrogens with zero attached hydrogens (tertiary/aromatic N) is 3. The molecule has 1 aromatic heterocycles. The summed E-state index contributed by atoms with van der Waals surface area (Å²) in [6.45, 7) is 7.64. The Kier molecular flexibility index (Phi) is 5.16. The molecule has 0 radical (unpaired) electrons. The van der Waals surface area contributed by atoms with Gasteiger partial charge in [-0.25, -0.2) is 14.5 Å². The molecule has 35 heavy (non-hydrogen) atoms. The number of hydrogen-bond acceptors (Lipinski definition) is 7. The van der Waals surface area contributed by atoms with E-state index in [-0.39, 0.29) is 18.1 Å². The number of fused-ring (bicyclic) bond motifs is 5. The van der Waals surface area contributed by atoms with Gasteiger partial charge in [0.2, 0.25) is 5.79 Å². The molecule has 2 bridgehead atoms. The van der Waals surface area contributed by atoms with Crippen molar-refractivity contribution in [3.8, 4) is 11.3 Å². The minimum atomic E-state index is -0.768. The minimum absolute atomic E-state index is 0.168. The van der Waals surface area contributed by atoms with Gasteiger partial charge in [-0.15, -0.1) is 5.10 Å². The molecule has 5 heterocycles. The van der Waals surface area contributed by atoms with Gasteiger partial charge in [0.25, 0.3) is 0 Å². The third-order valence-electron chi connectivity index (χ3n) is 9.39. The van der Waals surface area contributed by atoms with Gasteiger partial charge >= 0.3 is 0 Å². The summed E-state index contributed by atoms with van der Waals surface area (Å²) >= 11 is 0. The Morgan fingerprint density at radius 3 is 2.89 bits per heavy atom. The van der Waals surface area contributed by atoms with Gasteiger partial charge in [-0.05, 0) is 56.4 Å². The Bertz CT molecular complexity index is 1120. The first kappa shape index (κ1) is 22.4. The molecule has 8 atom stereocenters. The fourth-order valence-corrected chi connectivity index (χ4v) is 7.51. The molecule has 4 aliphatic heterocycles. The smallest absolute Gasteiger partial charge is 0.201 e. The van der Waals surface area contributed by atoms with Gasteiger partial charge in [0.05, 0.1) is 24.5 Å². The van der Waals surface area contributed by atoms with Crippen LogP contribution >= 0.6 is 0 Å². The molecular formula is C27H35N3O5. The summed E-state index contributed by atoms with van der Waals surface area (Å²) < 4.78 is 21.4. The van der Waals surface area contributed by atoms with Crippen LogP contribution in [0, 0.1) is 23.7 Å². The lowest BCUT2D eigenvalue weighted by molar-refractivity contribution is -0.577. The summed E-state index contributed by atoms with van der Waals surface area (Å²) in [6.07, 6.45) is 5.21. The van der Waals surface area contributed by atoms with Crippen LogP contribution in [-0.2, 0) is 43.4 Å². The van der Waals surface area contributed by atoms with Crippen molar-refractivity contribution in [2.24, 2.45) is 23.7 Å². The second-order valence-electron chi connectivity index (χ2n) is 11.4. The van der Waals surface area contributed by atoms with Gasteiger partial charge in [-0.1, -0.05) is 43.3 Å². The molecule has 8 rings (SSSR count). The van der Waals surface area contributed by atoms with E-state index in [4.69, 9.17) is 24.0 Å². The maximum absolute atomic E-state index is 6.55. The van der Waals surface area contributed by atoms with Gasteiger partial charge in [-0.2, -0.15) is 0 Å². The van der Waals surface area contributed by atoms with Gasteiger partial charge in [-0.3, -0.25) is 0 Å². The van der Waals surface area contributed by atoms with Crippen LogP contribution in [0.25, 0.3) is 11.3 Å². The number of aromatic nitrogens is 3. The Balaban J connectivity index is 1.10. The van der Waals surface area contributed by atoms with E-state index in [9.17, 15) is 0 Å². The van der Waals surface area contributed by atoms with Gasteiger partial charge in [0, 0.05) is 23.8 Å². The van der Waals surface area contributed by atoms with E-state index >= 15 is 0 Å². The maximum Gasteiger partial charge on any atom is 0.201 e. The molecular weight excluding hydrogens is 446 g/mol. The molecule has 1 spiro atoms. The van der Waals surface area contributed by atoms with Crippen LogP contribution in [0.2, 0.25) is 0 Å². The average Bonchev–Trinajstić information content (AvgIpc) is 3.15. The van der Waals surface area contributed by atoms with Crippen molar-refractivity contribution in [1.29, 1.82) is 0 Å². The van der Waals surface area contributed by atoms with Gasteiger partial charge < -0.3 is 14.2 Å². The summed E-state index contributed by atoms with van der Waals surface area (Å²) in [6, 6.07) is 8.55. The molecule has 1 saturated carbocycles. The third kappa shape index (κ3) is 3.30. The molecule has 8 heteroatoms. The summed E-state index contributed by atoms with van der Waals surface area (Å²) in [7, 11) is 0. The number of benzene rings is 1. The Labute approximate surface area is 206 Å². The van der Waals surface area contributed by atoms with Crippen molar-refractivity contribution in [2.75, 3.05) is 6.61 Å². The lowest BCUT2D eigenvalue weighted by atomic mass is 9.58. The summed E-state index contributed by atoms with van der Waals surface area (Å²) in [5.74, 6) is 0.578. The van der Waals surface area contributed by atoms with Crippen LogP contribution < -0.4 is 0 Å². The number of rotatable bonds is 4. The molecule has 0 amide bonds. The van der Waals surface area contributed by atoms with Gasteiger partial charge in [0.1, 0.15) is 0 Å². The largest absolute Gasteiger partial charge is 0.350 e. The monoisotopic (exact) mass is 481 g/mol. The second kappa shape index (κ2) is 8.08. The number of ether oxygens (including phenoxy) is 3. The molecule has 8 nitrogen and oxygen atoms in total. The van der Waals surface area contributed by atoms with Crippen molar-refractivity contribution < 1.29 is 24.0 Å². The highest BCUT2D eigenvalue weighted by Gasteiger charge is 2.69. The number of aryl methyl sites for hydroxylation is 2. The zero-order valence-electron chi connectivity index (χ0n) is 20.8. The number of hydrogen-bond donors (Lipinski definition) is 0. The Morgan fingerprint density at radius 1 is 1.09 bits per heavy atom. The predicted octanol–water partition coefficient (Wildman–Crippen LogP) is 4.27. The maximum atomic E-state index is 6.55. The summed E-state index contributed by atoms with van der Waals surface area (Å²) in [4.78, 5) is 12.2. The van der Waals surface area contributed by atoms with Crippen molar-refractivity contribution in [2.45, 2.75) is 89.8 Å². The summed E-state index contributed by atoms with van der Waals surface area (Å²) in [5.41, 5.74) is 4.24. The zero-order chi connectivity index (χ0) is 23.8. The van der Waals surface area contributed by atoms with Crippen molar-refractivity contribution in [1.82, 2.24) is 15.0 Å². The topological polar surface area (TPSA) is 76.9 Å². The molecule has 1 unspecified atom stereocenters. The van der Waals surface area contributed by atoms with E-state index in [2.05, 4.69) is 48.4 Å². The van der Waals surface area contributed by atoms with Crippen molar-refractivity contribution in [3.05, 3.63) is 35.5 Å². The highest BCUT2D eigenvalue weighted by atomic mass is 17.3. The van der Waals surface area contributed by atoms with Gasteiger partial charge in [0.15, 0.2) is 18.2 Å². The predicted molar refractivity (Wildman–Crippen MR) is 126 cm³/mol. The van der Waals surface area contributed by atoms with Crippen LogP contribution in [0.5, 0.6) is 0 Å². The van der Waals surface area contributed by atoms with E-state index in [0.29, 0.717) is 25.0 Å². The minimum Gasteiger partial charge on any atom is -0.350 e. The van der Waals surface area contributed by atoms with Crippen LogP contribution in [0.1, 0.15) is 57.7 Å². The lowest BCUT2D eigenvalue weighted by Crippen LogP contribution is -2.70. The first-order valence-electron chi connectivity index (χ1n) is 13.3. The molecule has 0 N–H and O–H groups in total. The molecule has 2 aromatic rings. The van der Waals surface area contributed by atoms with Crippen molar-refractivity contribution in [3.63, 3.8) is 0 Å². The molecule has 4 saturated heterocycles. The van der Waals surface area contributed by atoms with E-state index in [1.54, 1.807) is 0 Å². The lowest BCUT2D eigenvalue weighted by Gasteiger charge is -2.60. The van der Waals surface area contributed by atoms with E-state index in [1.807, 2.05) is 11.6 Å². The van der Waals surface area contributed by atoms with Crippen molar-refractivity contribution >= 4 is 0 Å². The first-order chi connectivity index (χ1) is 17.0.